The lowest BCUT2D eigenvalue weighted by molar-refractivity contribution is -0.179. The first-order valence-corrected chi connectivity index (χ1v) is 11.9. The number of hydrogen-bond acceptors (Lipinski definition) is 4. The topological polar surface area (TPSA) is 52.9 Å². The molecule has 0 unspecified atom stereocenters. The van der Waals surface area contributed by atoms with Gasteiger partial charge in [0.25, 0.3) is 0 Å². The molecule has 0 aromatic carbocycles. The average Bonchev–Trinajstić information content (AvgIpc) is 2.95. The van der Waals surface area contributed by atoms with Crippen LogP contribution >= 0.6 is 0 Å². The molecule has 0 amide bonds. The maximum atomic E-state index is 11.2. The third-order valence-electron chi connectivity index (χ3n) is 9.68. The van der Waals surface area contributed by atoms with E-state index >= 15 is 0 Å². The minimum Gasteiger partial charge on any atom is -0.393 e. The van der Waals surface area contributed by atoms with Crippen LogP contribution in [0.1, 0.15) is 71.6 Å². The van der Waals surface area contributed by atoms with Crippen LogP contribution in [-0.2, 0) is 4.74 Å². The highest BCUT2D eigenvalue weighted by atomic mass is 16.5. The van der Waals surface area contributed by atoms with E-state index in [2.05, 4.69) is 32.8 Å². The fraction of sp³-hybridized carbons (Fsp3) is 1.00. The number of aliphatic hydroxyl groups is 2. The number of ether oxygens (including phenoxy) is 1. The van der Waals surface area contributed by atoms with Crippen molar-refractivity contribution in [2.45, 2.75) is 89.9 Å². The van der Waals surface area contributed by atoms with Crippen molar-refractivity contribution in [3.8, 4) is 0 Å². The van der Waals surface area contributed by atoms with Crippen LogP contribution in [0.3, 0.4) is 0 Å². The molecule has 4 fully saturated rings. The lowest BCUT2D eigenvalue weighted by atomic mass is 9.44. The number of hydrogen-bond donors (Lipinski definition) is 2. The standard InChI is InChI=1S/C24H43NO3/c1-23-10-8-16(28-13-5-12-25(3)4)14-20(23)21(26)15-17-18-6-7-22(27)24(18,2)11-9-19(17)23/h16-22,26-27H,5-15H2,1-4H3/t16-,17-,18-,19-,20+,21-,22-,23+,24-/m0/s1. The molecule has 9 atom stereocenters. The summed E-state index contributed by atoms with van der Waals surface area (Å²) >= 11 is 0. The smallest absolute Gasteiger partial charge is 0.0596 e. The van der Waals surface area contributed by atoms with Crippen molar-refractivity contribution in [2.24, 2.45) is 34.5 Å². The Kier molecular flexibility index (Phi) is 5.90. The zero-order chi connectivity index (χ0) is 20.1. The van der Waals surface area contributed by atoms with Gasteiger partial charge in [-0.3, -0.25) is 0 Å². The van der Waals surface area contributed by atoms with Crippen molar-refractivity contribution in [3.05, 3.63) is 0 Å². The van der Waals surface area contributed by atoms with Crippen LogP contribution in [0.15, 0.2) is 0 Å². The Balaban J connectivity index is 1.43. The molecule has 2 N–H and O–H groups in total. The molecule has 0 aromatic heterocycles. The maximum Gasteiger partial charge on any atom is 0.0596 e. The van der Waals surface area contributed by atoms with Crippen LogP contribution in [0.4, 0.5) is 0 Å². The molecule has 0 saturated heterocycles. The van der Waals surface area contributed by atoms with Crippen LogP contribution < -0.4 is 0 Å². The maximum absolute atomic E-state index is 11.2. The van der Waals surface area contributed by atoms with Gasteiger partial charge in [-0.2, -0.15) is 0 Å². The van der Waals surface area contributed by atoms with Crippen LogP contribution in [0.5, 0.6) is 0 Å². The van der Waals surface area contributed by atoms with Gasteiger partial charge in [-0.15, -0.1) is 0 Å². The second-order valence-electron chi connectivity index (χ2n) is 11.4. The summed E-state index contributed by atoms with van der Waals surface area (Å²) < 4.78 is 6.24. The molecular weight excluding hydrogens is 350 g/mol. The quantitative estimate of drug-likeness (QED) is 0.700. The van der Waals surface area contributed by atoms with Crippen LogP contribution in [0.2, 0.25) is 0 Å². The van der Waals surface area contributed by atoms with Crippen molar-refractivity contribution >= 4 is 0 Å². The Labute approximate surface area is 172 Å². The SMILES string of the molecule is CN(C)CCCO[C@H]1CC[C@@]2(C)[C@H](C1)[C@@H](O)C[C@@H]1[C@@H]2CC[C@]2(C)[C@@H](O)CC[C@@H]12. The summed E-state index contributed by atoms with van der Waals surface area (Å²) in [6.45, 7) is 6.72. The summed E-state index contributed by atoms with van der Waals surface area (Å²) in [5.74, 6) is 2.31. The predicted octanol–water partition coefficient (Wildman–Crippen LogP) is 3.70. The summed E-state index contributed by atoms with van der Waals surface area (Å²) in [6.07, 6.45) is 9.94. The first-order valence-electron chi connectivity index (χ1n) is 11.9. The first kappa shape index (κ1) is 21.1. The van der Waals surface area contributed by atoms with Gasteiger partial charge in [-0.25, -0.2) is 0 Å². The molecule has 4 saturated carbocycles. The van der Waals surface area contributed by atoms with Gasteiger partial charge >= 0.3 is 0 Å². The fourth-order valence-electron chi connectivity index (χ4n) is 8.02. The predicted molar refractivity (Wildman–Crippen MR) is 112 cm³/mol. The summed E-state index contributed by atoms with van der Waals surface area (Å²) in [5.41, 5.74) is 0.345. The molecule has 0 bridgehead atoms. The number of rotatable bonds is 5. The van der Waals surface area contributed by atoms with E-state index in [1.165, 1.54) is 19.3 Å². The molecule has 4 nitrogen and oxygen atoms in total. The Morgan fingerprint density at radius 2 is 1.61 bits per heavy atom. The summed E-state index contributed by atoms with van der Waals surface area (Å²) in [7, 11) is 4.22. The highest BCUT2D eigenvalue weighted by molar-refractivity contribution is 5.11. The van der Waals surface area contributed by atoms with Crippen molar-refractivity contribution < 1.29 is 14.9 Å². The summed E-state index contributed by atoms with van der Waals surface area (Å²) in [6, 6.07) is 0. The zero-order valence-electron chi connectivity index (χ0n) is 18.6. The van der Waals surface area contributed by atoms with Gasteiger partial charge in [0.05, 0.1) is 18.3 Å². The Bertz CT molecular complexity index is 554. The minimum atomic E-state index is -0.195. The average molecular weight is 394 g/mol. The Morgan fingerprint density at radius 3 is 2.36 bits per heavy atom. The highest BCUT2D eigenvalue weighted by Gasteiger charge is 2.62. The third kappa shape index (κ3) is 3.46. The molecular formula is C24H43NO3. The number of nitrogens with zero attached hydrogens (tertiary/aromatic N) is 1. The zero-order valence-corrected chi connectivity index (χ0v) is 18.6. The van der Waals surface area contributed by atoms with E-state index in [4.69, 9.17) is 4.74 Å². The fourth-order valence-corrected chi connectivity index (χ4v) is 8.02. The van der Waals surface area contributed by atoms with E-state index in [-0.39, 0.29) is 23.0 Å². The molecule has 162 valence electrons. The lowest BCUT2D eigenvalue weighted by Crippen LogP contribution is -2.58. The van der Waals surface area contributed by atoms with E-state index in [0.29, 0.717) is 23.9 Å². The van der Waals surface area contributed by atoms with Gasteiger partial charge in [0.15, 0.2) is 0 Å². The molecule has 0 heterocycles. The molecule has 4 rings (SSSR count). The van der Waals surface area contributed by atoms with Crippen molar-refractivity contribution in [1.82, 2.24) is 4.90 Å². The lowest BCUT2D eigenvalue weighted by Gasteiger charge is -2.62. The van der Waals surface area contributed by atoms with Crippen molar-refractivity contribution in [1.29, 1.82) is 0 Å². The second-order valence-corrected chi connectivity index (χ2v) is 11.4. The molecule has 28 heavy (non-hydrogen) atoms. The van der Waals surface area contributed by atoms with E-state index < -0.39 is 0 Å². The normalized spacial score (nSPS) is 50.9. The molecule has 0 aliphatic heterocycles. The van der Waals surface area contributed by atoms with Crippen molar-refractivity contribution in [3.63, 3.8) is 0 Å². The summed E-state index contributed by atoms with van der Waals surface area (Å²) in [5, 5.41) is 21.8. The largest absolute Gasteiger partial charge is 0.393 e. The van der Waals surface area contributed by atoms with Crippen LogP contribution in [0, 0.1) is 34.5 Å². The molecule has 4 aliphatic rings. The van der Waals surface area contributed by atoms with Gasteiger partial charge in [-0.1, -0.05) is 13.8 Å². The van der Waals surface area contributed by atoms with Crippen molar-refractivity contribution in [2.75, 3.05) is 27.2 Å². The van der Waals surface area contributed by atoms with Crippen LogP contribution in [0.25, 0.3) is 0 Å². The summed E-state index contributed by atoms with van der Waals surface area (Å²) in [4.78, 5) is 2.21. The van der Waals surface area contributed by atoms with E-state index in [1.54, 1.807) is 0 Å². The highest BCUT2D eigenvalue weighted by Crippen LogP contribution is 2.66. The third-order valence-corrected chi connectivity index (χ3v) is 9.68. The number of aliphatic hydroxyl groups excluding tert-OH is 2. The molecule has 0 spiro atoms. The van der Waals surface area contributed by atoms with Crippen LogP contribution in [-0.4, -0.2) is 60.7 Å². The second kappa shape index (κ2) is 7.83. The van der Waals surface area contributed by atoms with Gasteiger partial charge in [0.1, 0.15) is 0 Å². The molecule has 0 radical (unpaired) electrons. The first-order chi connectivity index (χ1) is 13.3. The number of fused-ring (bicyclic) bond motifs is 5. The molecule has 4 heteroatoms. The van der Waals surface area contributed by atoms with E-state index in [1.807, 2.05) is 0 Å². The molecule has 4 aliphatic carbocycles. The van der Waals surface area contributed by atoms with Gasteiger partial charge in [0, 0.05) is 6.61 Å². The monoisotopic (exact) mass is 393 g/mol. The Morgan fingerprint density at radius 1 is 0.893 bits per heavy atom. The molecule has 0 aromatic rings. The Hall–Kier alpha value is -0.160. The van der Waals surface area contributed by atoms with E-state index in [9.17, 15) is 10.2 Å². The minimum absolute atomic E-state index is 0.0941. The van der Waals surface area contributed by atoms with Gasteiger partial charge < -0.3 is 19.8 Å². The van der Waals surface area contributed by atoms with E-state index in [0.717, 1.165) is 57.6 Å². The van der Waals surface area contributed by atoms with Gasteiger partial charge in [-0.05, 0) is 113 Å². The van der Waals surface area contributed by atoms with Gasteiger partial charge in [0.2, 0.25) is 0 Å².